The number of hydrogen-bond donors (Lipinski definition) is 2. The van der Waals surface area contributed by atoms with E-state index in [0.717, 1.165) is 5.56 Å². The number of nitrogens with one attached hydrogen (secondary N) is 2. The molecule has 0 aliphatic rings. The standard InChI is InChI=1S/C34H43Cl3N4O7/c1-7-34(31(43)47-8-2,15-17-45-19-20-46-18-16-38-32(44)48-33(4,5)6)39-30(42)28-22(3)29(23-9-11-24(35)12-10-23)41(40-28)27-14-13-25(36)21-26(27)37/h9-14,21H,7-8,15-20H2,1-6H3,(H,38,44)(H,39,42). The number of ether oxygens (including phenoxy) is 4. The van der Waals surface area contributed by atoms with Crippen LogP contribution in [-0.4, -0.2) is 78.5 Å². The fraction of sp³-hybridized carbons (Fsp3) is 0.471. The fourth-order valence-electron chi connectivity index (χ4n) is 4.76. The first-order valence-corrected chi connectivity index (χ1v) is 16.8. The van der Waals surface area contributed by atoms with Crippen LogP contribution in [0.25, 0.3) is 16.9 Å². The third kappa shape index (κ3) is 10.8. The number of aromatic nitrogens is 2. The molecule has 0 saturated carbocycles. The van der Waals surface area contributed by atoms with Crippen LogP contribution in [0.15, 0.2) is 42.5 Å². The molecule has 2 N–H and O–H groups in total. The molecule has 0 fully saturated rings. The van der Waals surface area contributed by atoms with E-state index < -0.39 is 29.1 Å². The molecule has 0 bridgehead atoms. The van der Waals surface area contributed by atoms with Crippen molar-refractivity contribution in [2.45, 2.75) is 65.5 Å². The third-order valence-electron chi connectivity index (χ3n) is 7.18. The van der Waals surface area contributed by atoms with Gasteiger partial charge in [-0.1, -0.05) is 53.9 Å². The Bertz CT molecular complexity index is 1560. The van der Waals surface area contributed by atoms with Crippen molar-refractivity contribution in [1.82, 2.24) is 20.4 Å². The molecule has 0 saturated heterocycles. The Kier molecular flexibility index (Phi) is 14.6. The summed E-state index contributed by atoms with van der Waals surface area (Å²) in [5.74, 6) is -1.15. The first-order valence-electron chi connectivity index (χ1n) is 15.6. The first-order chi connectivity index (χ1) is 22.7. The van der Waals surface area contributed by atoms with E-state index in [2.05, 4.69) is 15.7 Å². The van der Waals surface area contributed by atoms with Gasteiger partial charge in [0.2, 0.25) is 0 Å². The molecular formula is C34H43Cl3N4O7. The topological polar surface area (TPSA) is 130 Å². The lowest BCUT2D eigenvalue weighted by atomic mass is 9.91. The normalized spacial score (nSPS) is 12.7. The Labute approximate surface area is 296 Å². The summed E-state index contributed by atoms with van der Waals surface area (Å²) >= 11 is 18.9. The molecule has 1 atom stereocenters. The predicted molar refractivity (Wildman–Crippen MR) is 186 cm³/mol. The predicted octanol–water partition coefficient (Wildman–Crippen LogP) is 7.20. The van der Waals surface area contributed by atoms with E-state index in [1.54, 1.807) is 76.6 Å². The number of halogens is 3. The molecule has 0 radical (unpaired) electrons. The second kappa shape index (κ2) is 17.9. The van der Waals surface area contributed by atoms with Crippen LogP contribution in [0.1, 0.15) is 63.5 Å². The van der Waals surface area contributed by atoms with Crippen molar-refractivity contribution in [1.29, 1.82) is 0 Å². The smallest absolute Gasteiger partial charge is 0.407 e. The van der Waals surface area contributed by atoms with Crippen LogP contribution in [0, 0.1) is 6.92 Å². The maximum atomic E-state index is 14.0. The average Bonchev–Trinajstić information content (AvgIpc) is 3.35. The van der Waals surface area contributed by atoms with Gasteiger partial charge in [-0.3, -0.25) is 4.79 Å². The summed E-state index contributed by atoms with van der Waals surface area (Å²) in [6, 6.07) is 12.1. The molecule has 3 aromatic rings. The summed E-state index contributed by atoms with van der Waals surface area (Å²) in [7, 11) is 0. The van der Waals surface area contributed by atoms with Gasteiger partial charge in [-0.05, 0) is 71.4 Å². The summed E-state index contributed by atoms with van der Waals surface area (Å²) in [6.07, 6.45) is -0.141. The monoisotopic (exact) mass is 724 g/mol. The number of alkyl carbamates (subject to hydrolysis) is 1. The quantitative estimate of drug-likeness (QED) is 0.117. The van der Waals surface area contributed by atoms with Gasteiger partial charge in [-0.25, -0.2) is 14.3 Å². The summed E-state index contributed by atoms with van der Waals surface area (Å²) < 4.78 is 23.4. The lowest BCUT2D eigenvalue weighted by Crippen LogP contribution is -2.55. The molecule has 1 heterocycles. The lowest BCUT2D eigenvalue weighted by molar-refractivity contribution is -0.152. The van der Waals surface area contributed by atoms with Crippen molar-refractivity contribution >= 4 is 52.8 Å². The van der Waals surface area contributed by atoms with E-state index in [4.69, 9.17) is 53.8 Å². The number of carbonyl (C=O) groups excluding carboxylic acids is 3. The summed E-state index contributed by atoms with van der Waals surface area (Å²) in [6.45, 7) is 11.9. The molecule has 0 spiro atoms. The minimum absolute atomic E-state index is 0.0994. The summed E-state index contributed by atoms with van der Waals surface area (Å²) in [4.78, 5) is 39.0. The molecule has 3 rings (SSSR count). The van der Waals surface area contributed by atoms with Crippen LogP contribution < -0.4 is 10.6 Å². The SMILES string of the molecule is CCOC(=O)C(CC)(CCOCCOCCNC(=O)OC(C)(C)C)NC(=O)c1nn(-c2ccc(Cl)cc2Cl)c(-c2ccc(Cl)cc2)c1C. The molecule has 262 valence electrons. The average molecular weight is 726 g/mol. The van der Waals surface area contributed by atoms with Gasteiger partial charge in [0.05, 0.1) is 42.8 Å². The number of carbonyl (C=O) groups is 3. The van der Waals surface area contributed by atoms with Gasteiger partial charge in [0.15, 0.2) is 5.69 Å². The van der Waals surface area contributed by atoms with Gasteiger partial charge in [0, 0.05) is 40.7 Å². The second-order valence-electron chi connectivity index (χ2n) is 11.9. The molecule has 48 heavy (non-hydrogen) atoms. The van der Waals surface area contributed by atoms with Gasteiger partial charge in [0.1, 0.15) is 11.1 Å². The van der Waals surface area contributed by atoms with Crippen LogP contribution in [0.2, 0.25) is 15.1 Å². The number of benzene rings is 2. The maximum Gasteiger partial charge on any atom is 0.407 e. The zero-order valence-corrected chi connectivity index (χ0v) is 30.4. The number of esters is 1. The lowest BCUT2D eigenvalue weighted by Gasteiger charge is -2.31. The Morgan fingerprint density at radius 3 is 2.15 bits per heavy atom. The van der Waals surface area contributed by atoms with E-state index in [0.29, 0.717) is 32.0 Å². The second-order valence-corrected chi connectivity index (χ2v) is 13.1. The zero-order valence-electron chi connectivity index (χ0n) is 28.1. The van der Waals surface area contributed by atoms with E-state index in [9.17, 15) is 14.4 Å². The highest BCUT2D eigenvalue weighted by atomic mass is 35.5. The van der Waals surface area contributed by atoms with E-state index in [1.165, 1.54) is 0 Å². The highest BCUT2D eigenvalue weighted by Gasteiger charge is 2.41. The molecular weight excluding hydrogens is 683 g/mol. The van der Waals surface area contributed by atoms with Crippen molar-refractivity contribution in [3.8, 4) is 16.9 Å². The van der Waals surface area contributed by atoms with Gasteiger partial charge in [0.25, 0.3) is 5.91 Å². The Hall–Kier alpha value is -3.35. The molecule has 2 aromatic carbocycles. The highest BCUT2D eigenvalue weighted by molar-refractivity contribution is 6.35. The number of amides is 2. The molecule has 1 unspecified atom stereocenters. The van der Waals surface area contributed by atoms with Gasteiger partial charge in [-0.15, -0.1) is 0 Å². The summed E-state index contributed by atoms with van der Waals surface area (Å²) in [5.41, 5.74) is 0.562. The van der Waals surface area contributed by atoms with E-state index in [1.807, 2.05) is 12.1 Å². The molecule has 0 aliphatic carbocycles. The van der Waals surface area contributed by atoms with Crippen molar-refractivity contribution in [3.05, 3.63) is 68.8 Å². The molecule has 1 aromatic heterocycles. The van der Waals surface area contributed by atoms with E-state index in [-0.39, 0.29) is 58.1 Å². The Morgan fingerprint density at radius 1 is 0.896 bits per heavy atom. The zero-order chi connectivity index (χ0) is 35.5. The molecule has 11 nitrogen and oxygen atoms in total. The van der Waals surface area contributed by atoms with Crippen LogP contribution in [0.5, 0.6) is 0 Å². The van der Waals surface area contributed by atoms with Crippen LogP contribution in [-0.2, 0) is 23.7 Å². The van der Waals surface area contributed by atoms with Crippen molar-refractivity contribution in [2.24, 2.45) is 0 Å². The molecule has 2 amide bonds. The molecule has 14 heteroatoms. The van der Waals surface area contributed by atoms with Crippen molar-refractivity contribution in [2.75, 3.05) is 39.6 Å². The largest absolute Gasteiger partial charge is 0.464 e. The summed E-state index contributed by atoms with van der Waals surface area (Å²) in [5, 5.41) is 11.5. The minimum Gasteiger partial charge on any atom is -0.464 e. The molecule has 0 aliphatic heterocycles. The number of rotatable bonds is 16. The first kappa shape index (κ1) is 39.1. The fourth-order valence-corrected chi connectivity index (χ4v) is 5.38. The Morgan fingerprint density at radius 2 is 1.54 bits per heavy atom. The number of nitrogens with zero attached hydrogens (tertiary/aromatic N) is 2. The Balaban J connectivity index is 1.74. The van der Waals surface area contributed by atoms with Crippen LogP contribution >= 0.6 is 34.8 Å². The minimum atomic E-state index is -1.39. The van der Waals surface area contributed by atoms with E-state index >= 15 is 0 Å². The number of hydrogen-bond acceptors (Lipinski definition) is 8. The van der Waals surface area contributed by atoms with Crippen LogP contribution in [0.3, 0.4) is 0 Å². The third-order valence-corrected chi connectivity index (χ3v) is 7.97. The van der Waals surface area contributed by atoms with Gasteiger partial charge >= 0.3 is 12.1 Å². The van der Waals surface area contributed by atoms with Gasteiger partial charge < -0.3 is 29.6 Å². The highest BCUT2D eigenvalue weighted by Crippen LogP contribution is 2.33. The van der Waals surface area contributed by atoms with Gasteiger partial charge in [-0.2, -0.15) is 5.10 Å². The van der Waals surface area contributed by atoms with Crippen LogP contribution in [0.4, 0.5) is 4.79 Å². The van der Waals surface area contributed by atoms with Crippen molar-refractivity contribution in [3.63, 3.8) is 0 Å². The van der Waals surface area contributed by atoms with Crippen molar-refractivity contribution < 1.29 is 33.3 Å². The maximum absolute atomic E-state index is 14.0.